The number of likely N-dealkylation sites (tertiary alicyclic amines) is 1. The van der Waals surface area contributed by atoms with E-state index in [9.17, 15) is 4.79 Å². The van der Waals surface area contributed by atoms with Crippen molar-refractivity contribution < 1.29 is 4.79 Å². The van der Waals surface area contributed by atoms with Crippen LogP contribution in [0.2, 0.25) is 0 Å². The van der Waals surface area contributed by atoms with Crippen LogP contribution in [0.3, 0.4) is 0 Å². The molecule has 1 N–H and O–H groups in total. The van der Waals surface area contributed by atoms with Crippen LogP contribution in [-0.2, 0) is 4.79 Å². The SMILES string of the molecule is CCC1(C(=O)N2C[C@H]3CNC[C@H]3C2)CCCC1. The number of fused-ring (bicyclic) bond motifs is 1. The minimum absolute atomic E-state index is 0.0199. The van der Waals surface area contributed by atoms with Crippen molar-refractivity contribution in [1.82, 2.24) is 10.2 Å². The second-order valence-corrected chi connectivity index (χ2v) is 6.23. The number of amides is 1. The number of rotatable bonds is 2. The van der Waals surface area contributed by atoms with E-state index in [-0.39, 0.29) is 5.41 Å². The van der Waals surface area contributed by atoms with Crippen LogP contribution >= 0.6 is 0 Å². The van der Waals surface area contributed by atoms with Crippen molar-refractivity contribution in [3.8, 4) is 0 Å². The molecular formula is C14H24N2O. The normalized spacial score (nSPS) is 35.2. The molecule has 3 nitrogen and oxygen atoms in total. The van der Waals surface area contributed by atoms with Gasteiger partial charge in [-0.15, -0.1) is 0 Å². The molecule has 1 saturated carbocycles. The van der Waals surface area contributed by atoms with Gasteiger partial charge in [-0.1, -0.05) is 19.8 Å². The summed E-state index contributed by atoms with van der Waals surface area (Å²) in [5, 5.41) is 3.44. The van der Waals surface area contributed by atoms with E-state index in [0.29, 0.717) is 5.91 Å². The quantitative estimate of drug-likeness (QED) is 0.790. The molecule has 0 aromatic heterocycles. The smallest absolute Gasteiger partial charge is 0.228 e. The first-order valence-electron chi connectivity index (χ1n) is 7.25. The number of nitrogens with zero attached hydrogens (tertiary/aromatic N) is 1. The maximum Gasteiger partial charge on any atom is 0.228 e. The molecule has 1 amide bonds. The van der Waals surface area contributed by atoms with Gasteiger partial charge in [-0.3, -0.25) is 4.79 Å². The van der Waals surface area contributed by atoms with Crippen molar-refractivity contribution >= 4 is 5.91 Å². The fourth-order valence-corrected chi connectivity index (χ4v) is 4.13. The predicted molar refractivity (Wildman–Crippen MR) is 67.6 cm³/mol. The van der Waals surface area contributed by atoms with Gasteiger partial charge < -0.3 is 10.2 Å². The third-order valence-electron chi connectivity index (χ3n) is 5.37. The number of hydrogen-bond donors (Lipinski definition) is 1. The van der Waals surface area contributed by atoms with E-state index in [2.05, 4.69) is 17.1 Å². The largest absolute Gasteiger partial charge is 0.342 e. The molecule has 0 bridgehead atoms. The van der Waals surface area contributed by atoms with Crippen LogP contribution in [0.25, 0.3) is 0 Å². The van der Waals surface area contributed by atoms with Gasteiger partial charge in [-0.05, 0) is 31.1 Å². The third-order valence-corrected chi connectivity index (χ3v) is 5.37. The molecular weight excluding hydrogens is 212 g/mol. The van der Waals surface area contributed by atoms with Gasteiger partial charge in [0.15, 0.2) is 0 Å². The molecule has 3 fully saturated rings. The summed E-state index contributed by atoms with van der Waals surface area (Å²) in [6.07, 6.45) is 5.80. The standard InChI is InChI=1S/C14H24N2O/c1-2-14(5-3-4-6-14)13(17)16-9-11-7-15-8-12(11)10-16/h11-12,15H,2-10H2,1H3/t11-,12+. The molecule has 3 rings (SSSR count). The number of carbonyl (C=O) groups excluding carboxylic acids is 1. The Balaban J connectivity index is 1.70. The highest BCUT2D eigenvalue weighted by atomic mass is 16.2. The van der Waals surface area contributed by atoms with Gasteiger partial charge in [0.25, 0.3) is 0 Å². The first kappa shape index (κ1) is 11.5. The van der Waals surface area contributed by atoms with Gasteiger partial charge in [0, 0.05) is 31.6 Å². The van der Waals surface area contributed by atoms with Crippen molar-refractivity contribution in [2.45, 2.75) is 39.0 Å². The average molecular weight is 236 g/mol. The van der Waals surface area contributed by atoms with Gasteiger partial charge in [0.1, 0.15) is 0 Å². The van der Waals surface area contributed by atoms with E-state index < -0.39 is 0 Å². The van der Waals surface area contributed by atoms with E-state index in [4.69, 9.17) is 0 Å². The number of hydrogen-bond acceptors (Lipinski definition) is 2. The lowest BCUT2D eigenvalue weighted by atomic mass is 9.82. The molecule has 17 heavy (non-hydrogen) atoms. The predicted octanol–water partition coefficient (Wildman–Crippen LogP) is 1.63. The van der Waals surface area contributed by atoms with E-state index in [0.717, 1.165) is 57.3 Å². The van der Waals surface area contributed by atoms with Crippen molar-refractivity contribution in [2.24, 2.45) is 17.3 Å². The fraction of sp³-hybridized carbons (Fsp3) is 0.929. The molecule has 0 aromatic carbocycles. The van der Waals surface area contributed by atoms with Gasteiger partial charge in [-0.25, -0.2) is 0 Å². The minimum atomic E-state index is 0.0199. The number of nitrogens with one attached hydrogen (secondary N) is 1. The summed E-state index contributed by atoms with van der Waals surface area (Å²) in [6.45, 7) is 6.46. The molecule has 0 radical (unpaired) electrons. The third kappa shape index (κ3) is 1.79. The fourth-order valence-electron chi connectivity index (χ4n) is 4.13. The molecule has 96 valence electrons. The van der Waals surface area contributed by atoms with Gasteiger partial charge >= 0.3 is 0 Å². The van der Waals surface area contributed by atoms with Gasteiger partial charge in [-0.2, -0.15) is 0 Å². The summed E-state index contributed by atoms with van der Waals surface area (Å²) >= 11 is 0. The summed E-state index contributed by atoms with van der Waals surface area (Å²) < 4.78 is 0. The Bertz CT molecular complexity index is 297. The van der Waals surface area contributed by atoms with Crippen LogP contribution in [0.4, 0.5) is 0 Å². The monoisotopic (exact) mass is 236 g/mol. The zero-order valence-electron chi connectivity index (χ0n) is 10.9. The number of carbonyl (C=O) groups is 1. The van der Waals surface area contributed by atoms with Crippen LogP contribution in [0.5, 0.6) is 0 Å². The lowest BCUT2D eigenvalue weighted by Crippen LogP contribution is -2.42. The Morgan fingerprint density at radius 3 is 2.35 bits per heavy atom. The van der Waals surface area contributed by atoms with Crippen molar-refractivity contribution in [2.75, 3.05) is 26.2 Å². The average Bonchev–Trinajstić information content (AvgIpc) is 3.03. The summed E-state index contributed by atoms with van der Waals surface area (Å²) in [5.74, 6) is 1.94. The van der Waals surface area contributed by atoms with Crippen molar-refractivity contribution in [3.05, 3.63) is 0 Å². The van der Waals surface area contributed by atoms with Crippen LogP contribution < -0.4 is 5.32 Å². The summed E-state index contributed by atoms with van der Waals surface area (Å²) in [7, 11) is 0. The molecule has 2 aliphatic heterocycles. The zero-order chi connectivity index (χ0) is 11.9. The molecule has 2 heterocycles. The Kier molecular flexibility index (Phi) is 2.89. The molecule has 3 aliphatic rings. The van der Waals surface area contributed by atoms with E-state index in [1.54, 1.807) is 0 Å². The highest BCUT2D eigenvalue weighted by Crippen LogP contribution is 2.43. The van der Waals surface area contributed by atoms with Crippen molar-refractivity contribution in [3.63, 3.8) is 0 Å². The van der Waals surface area contributed by atoms with E-state index in [1.807, 2.05) is 0 Å². The maximum absolute atomic E-state index is 12.7. The first-order chi connectivity index (χ1) is 8.25. The molecule has 1 aliphatic carbocycles. The lowest BCUT2D eigenvalue weighted by Gasteiger charge is -2.31. The highest BCUT2D eigenvalue weighted by Gasteiger charge is 2.46. The summed E-state index contributed by atoms with van der Waals surface area (Å²) in [5.41, 5.74) is 0.0199. The topological polar surface area (TPSA) is 32.3 Å². The van der Waals surface area contributed by atoms with E-state index in [1.165, 1.54) is 12.8 Å². The molecule has 2 atom stereocenters. The maximum atomic E-state index is 12.7. The van der Waals surface area contributed by atoms with Gasteiger partial charge in [0.2, 0.25) is 5.91 Å². The Labute approximate surface area is 104 Å². The van der Waals surface area contributed by atoms with Crippen LogP contribution in [0, 0.1) is 17.3 Å². The van der Waals surface area contributed by atoms with Crippen molar-refractivity contribution in [1.29, 1.82) is 0 Å². The second-order valence-electron chi connectivity index (χ2n) is 6.23. The lowest BCUT2D eigenvalue weighted by molar-refractivity contribution is -0.141. The van der Waals surface area contributed by atoms with Crippen LogP contribution in [-0.4, -0.2) is 37.0 Å². The molecule has 3 heteroatoms. The molecule has 0 aromatic rings. The zero-order valence-corrected chi connectivity index (χ0v) is 10.9. The minimum Gasteiger partial charge on any atom is -0.342 e. The Morgan fingerprint density at radius 1 is 1.24 bits per heavy atom. The first-order valence-corrected chi connectivity index (χ1v) is 7.25. The van der Waals surface area contributed by atoms with Crippen LogP contribution in [0.15, 0.2) is 0 Å². The second kappa shape index (κ2) is 4.27. The summed E-state index contributed by atoms with van der Waals surface area (Å²) in [6, 6.07) is 0. The molecule has 0 unspecified atom stereocenters. The van der Waals surface area contributed by atoms with E-state index >= 15 is 0 Å². The summed E-state index contributed by atoms with van der Waals surface area (Å²) in [4.78, 5) is 14.9. The Hall–Kier alpha value is -0.570. The molecule has 2 saturated heterocycles. The van der Waals surface area contributed by atoms with Gasteiger partial charge in [0.05, 0.1) is 0 Å². The highest BCUT2D eigenvalue weighted by molar-refractivity contribution is 5.83. The van der Waals surface area contributed by atoms with Crippen LogP contribution in [0.1, 0.15) is 39.0 Å². The molecule has 0 spiro atoms. The Morgan fingerprint density at radius 2 is 1.82 bits per heavy atom.